The van der Waals surface area contributed by atoms with Crippen LogP contribution in [-0.2, 0) is 17.9 Å². The highest BCUT2D eigenvalue weighted by Gasteiger charge is 2.11. The van der Waals surface area contributed by atoms with E-state index < -0.39 is 0 Å². The average Bonchev–Trinajstić information content (AvgIpc) is 3.38. The van der Waals surface area contributed by atoms with Crippen LogP contribution >= 0.6 is 11.3 Å². The van der Waals surface area contributed by atoms with E-state index in [0.29, 0.717) is 24.4 Å². The lowest BCUT2D eigenvalue weighted by Gasteiger charge is -2.06. The summed E-state index contributed by atoms with van der Waals surface area (Å²) in [5, 5.41) is 24.2. The normalized spacial score (nSPS) is 11.2. The van der Waals surface area contributed by atoms with Crippen molar-refractivity contribution in [3.8, 4) is 11.3 Å². The summed E-state index contributed by atoms with van der Waals surface area (Å²) in [6.45, 7) is 4.75. The minimum absolute atomic E-state index is 0.0618. The number of fused-ring (bicyclic) bond motifs is 1. The monoisotopic (exact) mass is 381 g/mol. The second-order valence-electron chi connectivity index (χ2n) is 6.29. The van der Waals surface area contributed by atoms with Gasteiger partial charge in [-0.3, -0.25) is 9.48 Å². The second kappa shape index (κ2) is 7.28. The summed E-state index contributed by atoms with van der Waals surface area (Å²) in [6, 6.07) is 7.81. The van der Waals surface area contributed by atoms with E-state index in [9.17, 15) is 4.79 Å². The van der Waals surface area contributed by atoms with Gasteiger partial charge in [-0.05, 0) is 43.5 Å². The van der Waals surface area contributed by atoms with Crippen LogP contribution in [0.2, 0.25) is 0 Å². The van der Waals surface area contributed by atoms with Crippen molar-refractivity contribution in [2.75, 3.05) is 0 Å². The van der Waals surface area contributed by atoms with Gasteiger partial charge in [-0.2, -0.15) is 26.0 Å². The fraction of sp³-hybridized carbons (Fsp3) is 0.278. The highest BCUT2D eigenvalue weighted by Crippen LogP contribution is 2.20. The first-order valence-electron chi connectivity index (χ1n) is 8.62. The molecule has 9 heteroatoms. The molecule has 0 atom stereocenters. The van der Waals surface area contributed by atoms with E-state index >= 15 is 0 Å². The third kappa shape index (κ3) is 3.72. The van der Waals surface area contributed by atoms with Gasteiger partial charge in [0.05, 0.1) is 17.9 Å². The molecule has 0 saturated carbocycles. The summed E-state index contributed by atoms with van der Waals surface area (Å²) in [6.07, 6.45) is 0.353. The van der Waals surface area contributed by atoms with Gasteiger partial charge in [-0.1, -0.05) is 0 Å². The Kier molecular flexibility index (Phi) is 4.68. The second-order valence-corrected chi connectivity index (χ2v) is 7.07. The van der Waals surface area contributed by atoms with Crippen LogP contribution < -0.4 is 5.32 Å². The lowest BCUT2D eigenvalue weighted by atomic mass is 10.2. The predicted octanol–water partition coefficient (Wildman–Crippen LogP) is 2.37. The molecule has 0 aromatic carbocycles. The van der Waals surface area contributed by atoms with Gasteiger partial charge in [0.15, 0.2) is 11.5 Å². The lowest BCUT2D eigenvalue weighted by Crippen LogP contribution is -2.25. The van der Waals surface area contributed by atoms with Crippen molar-refractivity contribution in [1.29, 1.82) is 0 Å². The summed E-state index contributed by atoms with van der Waals surface area (Å²) >= 11 is 1.62. The van der Waals surface area contributed by atoms with Crippen LogP contribution in [0.5, 0.6) is 0 Å². The summed E-state index contributed by atoms with van der Waals surface area (Å²) in [5.41, 5.74) is 4.56. The molecule has 138 valence electrons. The Bertz CT molecular complexity index is 1080. The highest BCUT2D eigenvalue weighted by atomic mass is 32.1. The molecule has 0 spiro atoms. The van der Waals surface area contributed by atoms with E-state index in [-0.39, 0.29) is 12.5 Å². The van der Waals surface area contributed by atoms with Crippen LogP contribution in [-0.4, -0.2) is 35.5 Å². The highest BCUT2D eigenvalue weighted by molar-refractivity contribution is 7.08. The maximum absolute atomic E-state index is 12.2. The smallest absolute Gasteiger partial charge is 0.222 e. The molecule has 0 unspecified atom stereocenters. The summed E-state index contributed by atoms with van der Waals surface area (Å²) in [4.78, 5) is 12.2. The van der Waals surface area contributed by atoms with Gasteiger partial charge in [-0.15, -0.1) is 10.2 Å². The number of nitrogens with zero attached hydrogens (tertiary/aromatic N) is 6. The molecule has 0 bridgehead atoms. The van der Waals surface area contributed by atoms with E-state index in [2.05, 4.69) is 25.7 Å². The number of nitrogens with one attached hydrogen (secondary N) is 1. The van der Waals surface area contributed by atoms with Gasteiger partial charge in [0.2, 0.25) is 5.91 Å². The molecular weight excluding hydrogens is 362 g/mol. The fourth-order valence-electron chi connectivity index (χ4n) is 2.88. The first kappa shape index (κ1) is 17.3. The Labute approximate surface area is 159 Å². The zero-order valence-electron chi connectivity index (χ0n) is 15.1. The number of carbonyl (C=O) groups is 1. The Morgan fingerprint density at radius 3 is 2.81 bits per heavy atom. The van der Waals surface area contributed by atoms with Gasteiger partial charge < -0.3 is 5.32 Å². The van der Waals surface area contributed by atoms with Crippen molar-refractivity contribution in [3.63, 3.8) is 0 Å². The summed E-state index contributed by atoms with van der Waals surface area (Å²) < 4.78 is 3.52. The minimum atomic E-state index is -0.0618. The van der Waals surface area contributed by atoms with E-state index in [1.165, 1.54) is 0 Å². The molecule has 27 heavy (non-hydrogen) atoms. The molecule has 0 aliphatic rings. The number of hydrogen-bond donors (Lipinski definition) is 1. The Hall–Kier alpha value is -3.07. The largest absolute Gasteiger partial charge is 0.349 e. The van der Waals surface area contributed by atoms with Crippen molar-refractivity contribution in [1.82, 2.24) is 34.9 Å². The van der Waals surface area contributed by atoms with Crippen LogP contribution in [0.15, 0.2) is 35.0 Å². The van der Waals surface area contributed by atoms with Crippen molar-refractivity contribution in [3.05, 3.63) is 52.2 Å². The number of aryl methyl sites for hydroxylation is 3. The van der Waals surface area contributed by atoms with Gasteiger partial charge >= 0.3 is 0 Å². The molecule has 0 radical (unpaired) electrons. The van der Waals surface area contributed by atoms with Crippen LogP contribution in [0.4, 0.5) is 0 Å². The maximum Gasteiger partial charge on any atom is 0.222 e. The first-order valence-corrected chi connectivity index (χ1v) is 9.56. The minimum Gasteiger partial charge on any atom is -0.349 e. The molecule has 1 amide bonds. The van der Waals surface area contributed by atoms with Crippen molar-refractivity contribution < 1.29 is 4.79 Å². The Balaban J connectivity index is 1.41. The van der Waals surface area contributed by atoms with E-state index in [4.69, 9.17) is 0 Å². The van der Waals surface area contributed by atoms with Crippen molar-refractivity contribution in [2.24, 2.45) is 0 Å². The first-order chi connectivity index (χ1) is 13.1. The molecular formula is C18H19N7OS. The van der Waals surface area contributed by atoms with Crippen molar-refractivity contribution in [2.45, 2.75) is 33.4 Å². The molecule has 0 saturated heterocycles. The Morgan fingerprint density at radius 2 is 2.07 bits per heavy atom. The maximum atomic E-state index is 12.2. The topological polar surface area (TPSA) is 90.0 Å². The standard InChI is InChI=1S/C18H19N7OS/c1-12-9-13(2)24(22-12)7-5-18(26)19-10-17-21-20-16-4-3-15(23-25(16)17)14-6-8-27-11-14/h3-4,6,8-9,11H,5,7,10H2,1-2H3,(H,19,26). The van der Waals surface area contributed by atoms with Crippen molar-refractivity contribution >= 4 is 22.9 Å². The van der Waals surface area contributed by atoms with Gasteiger partial charge in [0.25, 0.3) is 0 Å². The van der Waals surface area contributed by atoms with E-state index in [0.717, 1.165) is 22.6 Å². The van der Waals surface area contributed by atoms with Crippen LogP contribution in [0.3, 0.4) is 0 Å². The van der Waals surface area contributed by atoms with Gasteiger partial charge in [-0.25, -0.2) is 0 Å². The number of amides is 1. The van der Waals surface area contributed by atoms with Gasteiger partial charge in [0, 0.05) is 29.6 Å². The van der Waals surface area contributed by atoms with E-state index in [1.54, 1.807) is 15.9 Å². The number of rotatable bonds is 6. The summed E-state index contributed by atoms with van der Waals surface area (Å²) in [5.74, 6) is 0.537. The number of carbonyl (C=O) groups excluding carboxylic acids is 1. The van der Waals surface area contributed by atoms with Gasteiger partial charge in [0.1, 0.15) is 0 Å². The number of thiophene rings is 1. The third-order valence-corrected chi connectivity index (χ3v) is 4.93. The quantitative estimate of drug-likeness (QED) is 0.554. The van der Waals surface area contributed by atoms with Crippen LogP contribution in [0.1, 0.15) is 23.6 Å². The number of hydrogen-bond acceptors (Lipinski definition) is 6. The Morgan fingerprint density at radius 1 is 1.19 bits per heavy atom. The average molecular weight is 381 g/mol. The molecule has 4 heterocycles. The van der Waals surface area contributed by atoms with Crippen LogP contribution in [0.25, 0.3) is 16.9 Å². The van der Waals surface area contributed by atoms with Crippen LogP contribution in [0, 0.1) is 13.8 Å². The number of aromatic nitrogens is 6. The molecule has 0 fully saturated rings. The molecule has 1 N–H and O–H groups in total. The lowest BCUT2D eigenvalue weighted by molar-refractivity contribution is -0.121. The zero-order chi connectivity index (χ0) is 18.8. The molecule has 4 aromatic heterocycles. The predicted molar refractivity (Wildman–Crippen MR) is 102 cm³/mol. The fourth-order valence-corrected chi connectivity index (χ4v) is 3.53. The SMILES string of the molecule is Cc1cc(C)n(CCC(=O)NCc2nnc3ccc(-c4ccsc4)nn23)n1. The molecule has 0 aliphatic heterocycles. The molecule has 0 aliphatic carbocycles. The summed E-state index contributed by atoms with van der Waals surface area (Å²) in [7, 11) is 0. The molecule has 4 rings (SSSR count). The molecule has 8 nitrogen and oxygen atoms in total. The third-order valence-electron chi connectivity index (χ3n) is 4.24. The van der Waals surface area contributed by atoms with E-state index in [1.807, 2.05) is 53.6 Å². The molecule has 4 aromatic rings. The zero-order valence-corrected chi connectivity index (χ0v) is 15.9.